The van der Waals surface area contributed by atoms with E-state index < -0.39 is 10.8 Å². The molecule has 4 nitrogen and oxygen atoms in total. The van der Waals surface area contributed by atoms with Crippen LogP contribution in [0.2, 0.25) is 0 Å². The molecule has 88 valence electrons. The summed E-state index contributed by atoms with van der Waals surface area (Å²) in [6.07, 6.45) is 6.82. The Hall–Kier alpha value is -0.810. The Morgan fingerprint density at radius 3 is 2.94 bits per heavy atom. The molecule has 1 aromatic rings. The predicted molar refractivity (Wildman–Crippen MR) is 63.7 cm³/mol. The van der Waals surface area contributed by atoms with Crippen LogP contribution in [0.25, 0.3) is 0 Å². The second kappa shape index (κ2) is 5.50. The molecule has 1 saturated heterocycles. The van der Waals surface area contributed by atoms with Crippen LogP contribution in [0.4, 0.5) is 0 Å². The molecule has 0 amide bonds. The fourth-order valence-corrected chi connectivity index (χ4v) is 3.31. The highest BCUT2D eigenvalue weighted by molar-refractivity contribution is 7.85. The summed E-state index contributed by atoms with van der Waals surface area (Å²) in [5, 5.41) is 4.03. The number of piperidine rings is 1. The van der Waals surface area contributed by atoms with E-state index in [-0.39, 0.29) is 0 Å². The van der Waals surface area contributed by atoms with E-state index in [0.717, 1.165) is 18.7 Å². The minimum atomic E-state index is -1.03. The van der Waals surface area contributed by atoms with Gasteiger partial charge in [0.05, 0.1) is 16.5 Å². The van der Waals surface area contributed by atoms with Gasteiger partial charge in [-0.05, 0) is 26.3 Å². The zero-order valence-electron chi connectivity index (χ0n) is 9.48. The average molecular weight is 239 g/mol. The van der Waals surface area contributed by atoms with E-state index in [4.69, 9.17) is 0 Å². The molecular formula is C11H17N3OS. The third kappa shape index (κ3) is 2.86. The van der Waals surface area contributed by atoms with Crippen LogP contribution in [0, 0.1) is 6.92 Å². The lowest BCUT2D eigenvalue weighted by atomic mass is 10.1. The van der Waals surface area contributed by atoms with Gasteiger partial charge in [-0.15, -0.1) is 0 Å². The number of aromatic nitrogens is 2. The maximum atomic E-state index is 12.1. The highest BCUT2D eigenvalue weighted by atomic mass is 32.2. The molecule has 2 atom stereocenters. The van der Waals surface area contributed by atoms with E-state index in [0.29, 0.717) is 16.8 Å². The lowest BCUT2D eigenvalue weighted by Gasteiger charge is -2.22. The molecule has 0 unspecified atom stereocenters. The summed E-state index contributed by atoms with van der Waals surface area (Å²) in [5.74, 6) is 0.652. The van der Waals surface area contributed by atoms with Gasteiger partial charge in [0, 0.05) is 24.2 Å². The molecule has 0 aromatic carbocycles. The third-order valence-electron chi connectivity index (χ3n) is 2.82. The first-order chi connectivity index (χ1) is 7.77. The molecule has 1 N–H and O–H groups in total. The van der Waals surface area contributed by atoms with Crippen molar-refractivity contribution >= 4 is 10.8 Å². The molecule has 2 rings (SSSR count). The molecule has 1 aliphatic heterocycles. The number of nitrogens with one attached hydrogen (secondary N) is 1. The molecule has 0 bridgehead atoms. The normalized spacial score (nSPS) is 22.9. The molecule has 2 heterocycles. The van der Waals surface area contributed by atoms with E-state index in [1.54, 1.807) is 12.4 Å². The van der Waals surface area contributed by atoms with Crippen LogP contribution in [0.3, 0.4) is 0 Å². The van der Waals surface area contributed by atoms with E-state index in [9.17, 15) is 4.21 Å². The molecule has 0 saturated carbocycles. The summed E-state index contributed by atoms with van der Waals surface area (Å²) in [6, 6.07) is 0.371. The average Bonchev–Trinajstić information content (AvgIpc) is 2.31. The molecule has 0 radical (unpaired) electrons. The van der Waals surface area contributed by atoms with Gasteiger partial charge in [-0.1, -0.05) is 6.42 Å². The molecule has 1 aliphatic rings. The largest absolute Gasteiger partial charge is 0.313 e. The van der Waals surface area contributed by atoms with Gasteiger partial charge in [0.1, 0.15) is 5.03 Å². The Morgan fingerprint density at radius 2 is 2.25 bits per heavy atom. The number of hydrogen-bond acceptors (Lipinski definition) is 4. The molecule has 0 aliphatic carbocycles. The van der Waals surface area contributed by atoms with E-state index in [1.807, 2.05) is 6.92 Å². The Bertz CT molecular complexity index is 377. The highest BCUT2D eigenvalue weighted by Gasteiger charge is 2.18. The minimum absolute atomic E-state index is 0.371. The fraction of sp³-hybridized carbons (Fsp3) is 0.636. The molecule has 1 aromatic heterocycles. The summed E-state index contributed by atoms with van der Waals surface area (Å²) in [7, 11) is -1.03. The van der Waals surface area contributed by atoms with Crippen LogP contribution in [0.15, 0.2) is 17.4 Å². The van der Waals surface area contributed by atoms with Crippen molar-refractivity contribution in [1.29, 1.82) is 0 Å². The lowest BCUT2D eigenvalue weighted by Crippen LogP contribution is -2.38. The van der Waals surface area contributed by atoms with Crippen LogP contribution in [-0.4, -0.2) is 32.5 Å². The van der Waals surface area contributed by atoms with Crippen molar-refractivity contribution in [2.45, 2.75) is 37.3 Å². The number of nitrogens with zero attached hydrogens (tertiary/aromatic N) is 2. The SMILES string of the molecule is Cc1nccnc1[S@@](=O)C[C@H]1CCCCN1. The smallest absolute Gasteiger partial charge is 0.148 e. The van der Waals surface area contributed by atoms with Crippen LogP contribution in [-0.2, 0) is 10.8 Å². The van der Waals surface area contributed by atoms with Gasteiger partial charge < -0.3 is 5.32 Å². The second-order valence-electron chi connectivity index (χ2n) is 4.11. The Balaban J connectivity index is 2.00. The first kappa shape index (κ1) is 11.7. The Kier molecular flexibility index (Phi) is 4.01. The summed E-state index contributed by atoms with van der Waals surface area (Å²) in [6.45, 7) is 2.90. The van der Waals surface area contributed by atoms with Crippen molar-refractivity contribution in [3.63, 3.8) is 0 Å². The van der Waals surface area contributed by atoms with Crippen LogP contribution in [0.5, 0.6) is 0 Å². The predicted octanol–water partition coefficient (Wildman–Crippen LogP) is 1.03. The van der Waals surface area contributed by atoms with E-state index in [1.165, 1.54) is 12.8 Å². The molecule has 1 fully saturated rings. The maximum Gasteiger partial charge on any atom is 0.148 e. The topological polar surface area (TPSA) is 54.9 Å². The van der Waals surface area contributed by atoms with Gasteiger partial charge in [0.25, 0.3) is 0 Å². The molecule has 5 heteroatoms. The summed E-state index contributed by atoms with van der Waals surface area (Å²) in [4.78, 5) is 8.27. The maximum absolute atomic E-state index is 12.1. The number of aryl methyl sites for hydroxylation is 1. The highest BCUT2D eigenvalue weighted by Crippen LogP contribution is 2.12. The zero-order valence-corrected chi connectivity index (χ0v) is 10.3. The van der Waals surface area contributed by atoms with E-state index >= 15 is 0 Å². The summed E-state index contributed by atoms with van der Waals surface area (Å²) < 4.78 is 12.1. The van der Waals surface area contributed by atoms with Gasteiger partial charge >= 0.3 is 0 Å². The van der Waals surface area contributed by atoms with Gasteiger partial charge in [0.15, 0.2) is 0 Å². The van der Waals surface area contributed by atoms with E-state index in [2.05, 4.69) is 15.3 Å². The van der Waals surface area contributed by atoms with Crippen LogP contribution >= 0.6 is 0 Å². The third-order valence-corrected chi connectivity index (χ3v) is 4.35. The first-order valence-electron chi connectivity index (χ1n) is 5.67. The van der Waals surface area contributed by atoms with Crippen LogP contribution < -0.4 is 5.32 Å². The Labute approximate surface area is 98.3 Å². The minimum Gasteiger partial charge on any atom is -0.313 e. The van der Waals surface area contributed by atoms with Crippen molar-refractivity contribution in [2.24, 2.45) is 0 Å². The summed E-state index contributed by atoms with van der Waals surface area (Å²) in [5.41, 5.74) is 0.775. The van der Waals surface area contributed by atoms with Gasteiger partial charge in [-0.2, -0.15) is 0 Å². The standard InChI is InChI=1S/C11H17N3OS/c1-9-11(14-7-6-12-9)16(15)8-10-4-2-3-5-13-10/h6-7,10,13H,2-5,8H2,1H3/t10-,16+/m1/s1. The molecule has 0 spiro atoms. The second-order valence-corrected chi connectivity index (χ2v) is 5.52. The van der Waals surface area contributed by atoms with Crippen LogP contribution in [0.1, 0.15) is 25.0 Å². The van der Waals surface area contributed by atoms with Gasteiger partial charge in [-0.3, -0.25) is 9.19 Å². The number of rotatable bonds is 3. The lowest BCUT2D eigenvalue weighted by molar-refractivity contribution is 0.427. The van der Waals surface area contributed by atoms with Crippen molar-refractivity contribution in [1.82, 2.24) is 15.3 Å². The van der Waals surface area contributed by atoms with Crippen molar-refractivity contribution in [3.05, 3.63) is 18.1 Å². The fourth-order valence-electron chi connectivity index (χ4n) is 1.95. The molecule has 16 heavy (non-hydrogen) atoms. The molecular weight excluding hydrogens is 222 g/mol. The van der Waals surface area contributed by atoms with Gasteiger partial charge in [-0.25, -0.2) is 4.98 Å². The quantitative estimate of drug-likeness (QED) is 0.856. The van der Waals surface area contributed by atoms with Crippen molar-refractivity contribution in [3.8, 4) is 0 Å². The number of hydrogen-bond donors (Lipinski definition) is 1. The zero-order chi connectivity index (χ0) is 11.4. The van der Waals surface area contributed by atoms with Gasteiger partial charge in [0.2, 0.25) is 0 Å². The van der Waals surface area contributed by atoms with Crippen molar-refractivity contribution < 1.29 is 4.21 Å². The Morgan fingerprint density at radius 1 is 1.44 bits per heavy atom. The monoisotopic (exact) mass is 239 g/mol. The first-order valence-corrected chi connectivity index (χ1v) is 6.98. The van der Waals surface area contributed by atoms with Crippen molar-refractivity contribution in [2.75, 3.05) is 12.3 Å². The summed E-state index contributed by atoms with van der Waals surface area (Å²) >= 11 is 0.